The normalized spacial score (nSPS) is 18.9. The van der Waals surface area contributed by atoms with E-state index < -0.39 is 0 Å². The summed E-state index contributed by atoms with van der Waals surface area (Å²) in [6, 6.07) is 8.92. The smallest absolute Gasteiger partial charge is 0.147 e. The van der Waals surface area contributed by atoms with Gasteiger partial charge in [0.2, 0.25) is 0 Å². The first-order valence-electron chi connectivity index (χ1n) is 6.45. The molecule has 4 heteroatoms. The number of benzene rings is 1. The van der Waals surface area contributed by atoms with Crippen molar-refractivity contribution < 1.29 is 0 Å². The first-order valence-corrected chi connectivity index (χ1v) is 6.45. The Balaban J connectivity index is 1.85. The van der Waals surface area contributed by atoms with Gasteiger partial charge in [0, 0.05) is 12.2 Å². The van der Waals surface area contributed by atoms with Crippen LogP contribution in [0.1, 0.15) is 29.7 Å². The summed E-state index contributed by atoms with van der Waals surface area (Å²) in [5.41, 5.74) is 2.66. The van der Waals surface area contributed by atoms with E-state index in [4.69, 9.17) is 0 Å². The van der Waals surface area contributed by atoms with Crippen LogP contribution in [0.4, 0.5) is 5.69 Å². The minimum atomic E-state index is 0.388. The number of rotatable bonds is 1. The van der Waals surface area contributed by atoms with Crippen LogP contribution in [0.5, 0.6) is 0 Å². The summed E-state index contributed by atoms with van der Waals surface area (Å²) in [6.45, 7) is 4.89. The van der Waals surface area contributed by atoms with E-state index >= 15 is 0 Å². The molecule has 2 aromatic rings. The average Bonchev–Trinajstić information content (AvgIpc) is 2.60. The highest BCUT2D eigenvalue weighted by molar-refractivity contribution is 5.52. The molecule has 1 aromatic heterocycles. The molecule has 94 valence electrons. The predicted molar refractivity (Wildman–Crippen MR) is 71.8 cm³/mol. The van der Waals surface area contributed by atoms with Gasteiger partial charge in [-0.05, 0) is 38.3 Å². The second kappa shape index (κ2) is 4.44. The van der Waals surface area contributed by atoms with Crippen LogP contribution in [0.3, 0.4) is 0 Å². The summed E-state index contributed by atoms with van der Waals surface area (Å²) in [6.07, 6.45) is 2.19. The summed E-state index contributed by atoms with van der Waals surface area (Å²) in [7, 11) is 0. The van der Waals surface area contributed by atoms with Gasteiger partial charge >= 0.3 is 0 Å². The van der Waals surface area contributed by atoms with Crippen molar-refractivity contribution in [3.63, 3.8) is 0 Å². The van der Waals surface area contributed by atoms with Crippen molar-refractivity contribution in [2.45, 2.75) is 32.7 Å². The van der Waals surface area contributed by atoms with Gasteiger partial charge in [0.25, 0.3) is 0 Å². The van der Waals surface area contributed by atoms with Gasteiger partial charge in [0.05, 0.1) is 6.04 Å². The summed E-state index contributed by atoms with van der Waals surface area (Å²) >= 11 is 0. The van der Waals surface area contributed by atoms with Gasteiger partial charge in [-0.1, -0.05) is 18.2 Å². The summed E-state index contributed by atoms with van der Waals surface area (Å²) in [4.78, 5) is 4.39. The lowest BCUT2D eigenvalue weighted by molar-refractivity contribution is 0.437. The molecule has 1 atom stereocenters. The molecule has 1 aliphatic heterocycles. The molecule has 4 nitrogen and oxygen atoms in total. The van der Waals surface area contributed by atoms with Crippen LogP contribution >= 0.6 is 0 Å². The van der Waals surface area contributed by atoms with E-state index in [9.17, 15) is 0 Å². The zero-order chi connectivity index (χ0) is 12.5. The number of aromatic nitrogens is 3. The summed E-state index contributed by atoms with van der Waals surface area (Å²) in [5.74, 6) is 1.86. The van der Waals surface area contributed by atoms with Gasteiger partial charge in [-0.3, -0.25) is 0 Å². The molecule has 0 radical (unpaired) electrons. The van der Waals surface area contributed by atoms with Gasteiger partial charge in [0.15, 0.2) is 0 Å². The summed E-state index contributed by atoms with van der Waals surface area (Å²) in [5, 5.41) is 8.03. The number of fused-ring (bicyclic) bond motifs is 1. The Morgan fingerprint density at radius 3 is 2.89 bits per heavy atom. The van der Waals surface area contributed by atoms with E-state index in [-0.39, 0.29) is 0 Å². The summed E-state index contributed by atoms with van der Waals surface area (Å²) < 4.78 is 2.06. The molecule has 2 heterocycles. The fourth-order valence-electron chi connectivity index (χ4n) is 2.65. The maximum Gasteiger partial charge on any atom is 0.147 e. The second-order valence-electron chi connectivity index (χ2n) is 4.88. The average molecular weight is 242 g/mol. The number of nitrogens with one attached hydrogen (secondary N) is 1. The maximum atomic E-state index is 4.50. The van der Waals surface area contributed by atoms with Crippen molar-refractivity contribution in [3.8, 4) is 0 Å². The third kappa shape index (κ3) is 1.98. The van der Waals surface area contributed by atoms with Crippen LogP contribution in [0.2, 0.25) is 0 Å². The molecule has 1 N–H and O–H groups in total. The number of para-hydroxylation sites is 1. The molecule has 0 amide bonds. The maximum absolute atomic E-state index is 4.50. The van der Waals surface area contributed by atoms with Gasteiger partial charge < -0.3 is 5.32 Å². The van der Waals surface area contributed by atoms with E-state index in [0.717, 1.165) is 31.0 Å². The topological polar surface area (TPSA) is 42.7 Å². The quantitative estimate of drug-likeness (QED) is 0.835. The predicted octanol–water partition coefficient (Wildman–Crippen LogP) is 2.49. The Labute approximate surface area is 107 Å². The molecule has 0 bridgehead atoms. The standard InChI is InChI=1S/C14H18N4/c1-10-16-11(2)18(17-10)13-8-7-12-5-3-4-6-14(12)15-9-13/h3-6,13,15H,7-9H2,1-2H3. The van der Waals surface area contributed by atoms with E-state index in [1.807, 2.05) is 13.8 Å². The minimum absolute atomic E-state index is 0.388. The van der Waals surface area contributed by atoms with Crippen molar-refractivity contribution >= 4 is 5.69 Å². The molecule has 0 fully saturated rings. The second-order valence-corrected chi connectivity index (χ2v) is 4.88. The SMILES string of the molecule is Cc1nc(C)n(C2CCc3ccccc3NC2)n1. The number of aryl methyl sites for hydroxylation is 3. The lowest BCUT2D eigenvalue weighted by atomic mass is 10.1. The largest absolute Gasteiger partial charge is 0.383 e. The third-order valence-corrected chi connectivity index (χ3v) is 3.55. The van der Waals surface area contributed by atoms with E-state index in [2.05, 4.69) is 44.3 Å². The monoisotopic (exact) mass is 242 g/mol. The van der Waals surface area contributed by atoms with E-state index in [1.165, 1.54) is 11.3 Å². The molecule has 3 rings (SSSR count). The highest BCUT2D eigenvalue weighted by Gasteiger charge is 2.19. The highest BCUT2D eigenvalue weighted by atomic mass is 15.4. The van der Waals surface area contributed by atoms with Crippen molar-refractivity contribution in [1.29, 1.82) is 0 Å². The van der Waals surface area contributed by atoms with E-state index in [0.29, 0.717) is 6.04 Å². The Morgan fingerprint density at radius 1 is 1.28 bits per heavy atom. The number of hydrogen-bond donors (Lipinski definition) is 1. The molecule has 0 saturated heterocycles. The van der Waals surface area contributed by atoms with Gasteiger partial charge in [-0.25, -0.2) is 9.67 Å². The fourth-order valence-corrected chi connectivity index (χ4v) is 2.65. The van der Waals surface area contributed by atoms with Crippen molar-refractivity contribution in [2.24, 2.45) is 0 Å². The zero-order valence-electron chi connectivity index (χ0n) is 10.8. The van der Waals surface area contributed by atoms with Crippen LogP contribution in [0.15, 0.2) is 24.3 Å². The molecule has 0 spiro atoms. The Kier molecular flexibility index (Phi) is 2.78. The van der Waals surface area contributed by atoms with Gasteiger partial charge in [-0.2, -0.15) is 5.10 Å². The molecule has 0 saturated carbocycles. The van der Waals surface area contributed by atoms with E-state index in [1.54, 1.807) is 0 Å². The Hall–Kier alpha value is -1.84. The van der Waals surface area contributed by atoms with Crippen LogP contribution in [0, 0.1) is 13.8 Å². The molecule has 1 unspecified atom stereocenters. The molecule has 1 aliphatic rings. The van der Waals surface area contributed by atoms with Gasteiger partial charge in [-0.15, -0.1) is 0 Å². The van der Waals surface area contributed by atoms with Crippen LogP contribution in [0.25, 0.3) is 0 Å². The number of anilines is 1. The van der Waals surface area contributed by atoms with Crippen molar-refractivity contribution in [3.05, 3.63) is 41.5 Å². The first kappa shape index (κ1) is 11.3. The minimum Gasteiger partial charge on any atom is -0.383 e. The highest BCUT2D eigenvalue weighted by Crippen LogP contribution is 2.25. The van der Waals surface area contributed by atoms with Crippen LogP contribution < -0.4 is 5.32 Å². The third-order valence-electron chi connectivity index (χ3n) is 3.55. The molecule has 0 aliphatic carbocycles. The lowest BCUT2D eigenvalue weighted by Gasteiger charge is -2.16. The number of hydrogen-bond acceptors (Lipinski definition) is 3. The molecular formula is C14H18N4. The van der Waals surface area contributed by atoms with Crippen LogP contribution in [-0.4, -0.2) is 21.3 Å². The Bertz CT molecular complexity index is 532. The molecule has 18 heavy (non-hydrogen) atoms. The lowest BCUT2D eigenvalue weighted by Crippen LogP contribution is -2.20. The van der Waals surface area contributed by atoms with Crippen LogP contribution in [-0.2, 0) is 6.42 Å². The van der Waals surface area contributed by atoms with Crippen molar-refractivity contribution in [1.82, 2.24) is 14.8 Å². The fraction of sp³-hybridized carbons (Fsp3) is 0.429. The zero-order valence-corrected chi connectivity index (χ0v) is 10.8. The molecule has 1 aromatic carbocycles. The van der Waals surface area contributed by atoms with Crippen molar-refractivity contribution in [2.75, 3.05) is 11.9 Å². The first-order chi connectivity index (χ1) is 8.74. The Morgan fingerprint density at radius 2 is 2.11 bits per heavy atom. The number of nitrogens with zero attached hydrogens (tertiary/aromatic N) is 3. The van der Waals surface area contributed by atoms with Gasteiger partial charge in [0.1, 0.15) is 11.6 Å². The molecular weight excluding hydrogens is 224 g/mol.